The molecule has 0 saturated heterocycles. The third kappa shape index (κ3) is 1.79. The normalized spacial score (nSPS) is 35.6. The number of hydrogen-bond donors (Lipinski definition) is 0. The number of esters is 1. The van der Waals surface area contributed by atoms with Crippen LogP contribution in [0.2, 0.25) is 0 Å². The van der Waals surface area contributed by atoms with Crippen LogP contribution in [-0.4, -0.2) is 12.6 Å². The van der Waals surface area contributed by atoms with Crippen LogP contribution in [0.25, 0.3) is 0 Å². The number of rotatable bonds is 2. The van der Waals surface area contributed by atoms with Gasteiger partial charge in [-0.25, -0.2) is 0 Å². The number of hydrogen-bond acceptors (Lipinski definition) is 2. The lowest BCUT2D eigenvalue weighted by molar-refractivity contribution is -0.146. The van der Waals surface area contributed by atoms with Crippen molar-refractivity contribution in [3.8, 4) is 0 Å². The first-order valence-electron chi connectivity index (χ1n) is 5.43. The summed E-state index contributed by atoms with van der Waals surface area (Å²) in [6, 6.07) is 0. The molecule has 14 heavy (non-hydrogen) atoms. The maximum absolute atomic E-state index is 10.8. The van der Waals surface area contributed by atoms with Crippen molar-refractivity contribution >= 4 is 5.97 Å². The van der Waals surface area contributed by atoms with E-state index in [-0.39, 0.29) is 16.8 Å². The first-order valence-corrected chi connectivity index (χ1v) is 5.43. The Morgan fingerprint density at radius 3 is 2.36 bits per heavy atom. The van der Waals surface area contributed by atoms with E-state index in [1.807, 2.05) is 0 Å². The molecule has 0 N–H and O–H groups in total. The van der Waals surface area contributed by atoms with Gasteiger partial charge in [-0.15, -0.1) is 0 Å². The predicted molar refractivity (Wildman–Crippen MR) is 56.9 cm³/mol. The Morgan fingerprint density at radius 2 is 2.00 bits per heavy atom. The van der Waals surface area contributed by atoms with E-state index in [2.05, 4.69) is 27.7 Å². The van der Waals surface area contributed by atoms with Gasteiger partial charge in [0.2, 0.25) is 0 Å². The summed E-state index contributed by atoms with van der Waals surface area (Å²) < 4.78 is 5.17. The molecule has 0 aromatic rings. The quantitative estimate of drug-likeness (QED) is 0.637. The van der Waals surface area contributed by atoms with Gasteiger partial charge in [0.25, 0.3) is 0 Å². The van der Waals surface area contributed by atoms with Crippen LogP contribution >= 0.6 is 0 Å². The van der Waals surface area contributed by atoms with E-state index in [0.29, 0.717) is 12.5 Å². The van der Waals surface area contributed by atoms with E-state index in [9.17, 15) is 4.79 Å². The van der Waals surface area contributed by atoms with Crippen molar-refractivity contribution in [2.75, 3.05) is 6.61 Å². The molecule has 0 aliphatic heterocycles. The Kier molecular flexibility index (Phi) is 2.93. The number of carbonyl (C=O) groups excluding carboxylic acids is 1. The Hall–Kier alpha value is -0.530. The van der Waals surface area contributed by atoms with Gasteiger partial charge in [0.15, 0.2) is 0 Å². The molecular weight excluding hydrogens is 176 g/mol. The van der Waals surface area contributed by atoms with Crippen LogP contribution in [0.1, 0.15) is 47.5 Å². The van der Waals surface area contributed by atoms with Crippen LogP contribution in [0.3, 0.4) is 0 Å². The van der Waals surface area contributed by atoms with Crippen molar-refractivity contribution in [2.45, 2.75) is 47.5 Å². The van der Waals surface area contributed by atoms with Crippen LogP contribution in [0.15, 0.2) is 0 Å². The van der Waals surface area contributed by atoms with Crippen LogP contribution in [0.4, 0.5) is 0 Å². The molecule has 2 nitrogen and oxygen atoms in total. The van der Waals surface area contributed by atoms with Gasteiger partial charge in [-0.2, -0.15) is 0 Å². The molecule has 0 radical (unpaired) electrons. The molecule has 0 amide bonds. The molecule has 0 aromatic carbocycles. The molecule has 82 valence electrons. The van der Waals surface area contributed by atoms with Crippen molar-refractivity contribution in [3.05, 3.63) is 0 Å². The van der Waals surface area contributed by atoms with Crippen molar-refractivity contribution < 1.29 is 9.53 Å². The van der Waals surface area contributed by atoms with Crippen LogP contribution < -0.4 is 0 Å². The fourth-order valence-corrected chi connectivity index (χ4v) is 2.33. The van der Waals surface area contributed by atoms with Gasteiger partial charge in [-0.1, -0.05) is 27.7 Å². The number of ether oxygens (including phenoxy) is 1. The molecule has 1 aliphatic rings. The lowest BCUT2D eigenvalue weighted by Crippen LogP contribution is -2.37. The monoisotopic (exact) mass is 198 g/mol. The largest absolute Gasteiger partial charge is 0.465 e. The fourth-order valence-electron chi connectivity index (χ4n) is 2.33. The van der Waals surface area contributed by atoms with Crippen molar-refractivity contribution in [1.29, 1.82) is 0 Å². The third-order valence-corrected chi connectivity index (χ3v) is 4.51. The lowest BCUT2D eigenvalue weighted by Gasteiger charge is -2.40. The van der Waals surface area contributed by atoms with Crippen LogP contribution in [0.5, 0.6) is 0 Å². The second kappa shape index (κ2) is 3.56. The fraction of sp³-hybridized carbons (Fsp3) is 0.917. The minimum Gasteiger partial charge on any atom is -0.465 e. The smallest absolute Gasteiger partial charge is 0.302 e. The van der Waals surface area contributed by atoms with Crippen LogP contribution in [-0.2, 0) is 9.53 Å². The molecule has 0 unspecified atom stereocenters. The molecule has 0 spiro atoms. The molecule has 1 aliphatic carbocycles. The van der Waals surface area contributed by atoms with E-state index >= 15 is 0 Å². The highest BCUT2D eigenvalue weighted by Gasteiger charge is 2.50. The van der Waals surface area contributed by atoms with E-state index in [4.69, 9.17) is 4.74 Å². The van der Waals surface area contributed by atoms with Crippen LogP contribution in [0, 0.1) is 16.7 Å². The predicted octanol–water partition coefficient (Wildman–Crippen LogP) is 3.01. The molecule has 0 heterocycles. The lowest BCUT2D eigenvalue weighted by atomic mass is 9.66. The van der Waals surface area contributed by atoms with Gasteiger partial charge in [-0.05, 0) is 24.2 Å². The molecule has 1 rings (SSSR count). The van der Waals surface area contributed by atoms with E-state index in [1.165, 1.54) is 13.3 Å². The average Bonchev–Trinajstić information content (AvgIpc) is 2.27. The van der Waals surface area contributed by atoms with E-state index in [1.54, 1.807) is 0 Å². The summed E-state index contributed by atoms with van der Waals surface area (Å²) in [4.78, 5) is 10.8. The maximum atomic E-state index is 10.8. The van der Waals surface area contributed by atoms with E-state index in [0.717, 1.165) is 6.42 Å². The highest BCUT2D eigenvalue weighted by atomic mass is 16.5. The molecule has 0 bridgehead atoms. The molecular formula is C12H22O2. The van der Waals surface area contributed by atoms with Crippen molar-refractivity contribution in [1.82, 2.24) is 0 Å². The first kappa shape index (κ1) is 11.5. The Bertz CT molecular complexity index is 232. The Morgan fingerprint density at radius 1 is 1.43 bits per heavy atom. The van der Waals surface area contributed by atoms with Gasteiger partial charge in [-0.3, -0.25) is 4.79 Å². The van der Waals surface area contributed by atoms with Gasteiger partial charge in [0, 0.05) is 12.3 Å². The minimum absolute atomic E-state index is 0.151. The summed E-state index contributed by atoms with van der Waals surface area (Å²) in [6.07, 6.45) is 2.40. The first-order chi connectivity index (χ1) is 6.29. The standard InChI is InChI=1S/C12H22O2/c1-9-6-7-12(5,11(9,3)4)8-14-10(2)13/h9H,6-8H2,1-5H3/t9-,12+/m0/s1. The highest BCUT2D eigenvalue weighted by molar-refractivity contribution is 5.65. The van der Waals surface area contributed by atoms with Gasteiger partial charge in [0.05, 0.1) is 6.61 Å². The summed E-state index contributed by atoms with van der Waals surface area (Å²) in [5.41, 5.74) is 0.417. The van der Waals surface area contributed by atoms with Gasteiger partial charge < -0.3 is 4.74 Å². The zero-order chi connectivity index (χ0) is 11.0. The molecule has 1 saturated carbocycles. The Labute approximate surface area is 87.0 Å². The third-order valence-electron chi connectivity index (χ3n) is 4.51. The second-order valence-electron chi connectivity index (χ2n) is 5.50. The average molecular weight is 198 g/mol. The SMILES string of the molecule is CC(=O)OC[C@@]1(C)CC[C@H](C)C1(C)C. The topological polar surface area (TPSA) is 26.3 Å². The summed E-state index contributed by atoms with van der Waals surface area (Å²) in [5, 5.41) is 0. The summed E-state index contributed by atoms with van der Waals surface area (Å²) in [6.45, 7) is 11.1. The van der Waals surface area contributed by atoms with Gasteiger partial charge in [0.1, 0.15) is 0 Å². The second-order valence-corrected chi connectivity index (χ2v) is 5.50. The molecule has 2 atom stereocenters. The molecule has 2 heteroatoms. The summed E-state index contributed by atoms with van der Waals surface area (Å²) in [7, 11) is 0. The number of carbonyl (C=O) groups is 1. The van der Waals surface area contributed by atoms with Crippen molar-refractivity contribution in [3.63, 3.8) is 0 Å². The minimum atomic E-state index is -0.165. The highest BCUT2D eigenvalue weighted by Crippen LogP contribution is 2.55. The Balaban J connectivity index is 2.69. The maximum Gasteiger partial charge on any atom is 0.302 e. The van der Waals surface area contributed by atoms with Gasteiger partial charge >= 0.3 is 5.97 Å². The molecule has 0 aromatic heterocycles. The van der Waals surface area contributed by atoms with E-state index < -0.39 is 0 Å². The summed E-state index contributed by atoms with van der Waals surface area (Å²) in [5.74, 6) is 0.546. The summed E-state index contributed by atoms with van der Waals surface area (Å²) >= 11 is 0. The zero-order valence-corrected chi connectivity index (χ0v) is 10.0. The van der Waals surface area contributed by atoms with Crippen molar-refractivity contribution in [2.24, 2.45) is 16.7 Å². The zero-order valence-electron chi connectivity index (χ0n) is 10.0. The molecule has 1 fully saturated rings.